The Morgan fingerprint density at radius 2 is 0.976 bits per heavy atom. The minimum Gasteiger partial charge on any atom is -0.416 e. The molecule has 0 amide bonds. The zero-order valence-corrected chi connectivity index (χ0v) is 22.0. The molecule has 0 atom stereocenters. The van der Waals surface area contributed by atoms with Crippen molar-refractivity contribution in [3.8, 4) is 45.2 Å². The molecule has 0 radical (unpaired) electrons. The molecule has 0 N–H and O–H groups in total. The molecule has 0 spiro atoms. The summed E-state index contributed by atoms with van der Waals surface area (Å²) in [5.74, 6) is 1.02. The number of fused-ring (bicyclic) bond motifs is 3. The van der Waals surface area contributed by atoms with Crippen LogP contribution in [0, 0.1) is 0 Å². The van der Waals surface area contributed by atoms with E-state index < -0.39 is 0 Å². The Balaban J connectivity index is 1.31. The van der Waals surface area contributed by atoms with Gasteiger partial charge in [0.15, 0.2) is 0 Å². The zero-order valence-electron chi connectivity index (χ0n) is 22.0. The van der Waals surface area contributed by atoms with Gasteiger partial charge in [-0.3, -0.25) is 4.98 Å². The van der Waals surface area contributed by atoms with Crippen LogP contribution in [-0.2, 0) is 0 Å². The first kappa shape index (κ1) is 23.3. The smallest absolute Gasteiger partial charge is 0.248 e. The SMILES string of the molecule is c1ccc(-c2nnc(-c3ccc(-c4c5ccccc5c(-c5cccc6cnccc56)c5ccccc45)cc3)o2)cc1. The van der Waals surface area contributed by atoms with Crippen molar-refractivity contribution in [3.63, 3.8) is 0 Å². The Kier molecular flexibility index (Phi) is 5.42. The Bertz CT molecular complexity index is 2140. The van der Waals surface area contributed by atoms with E-state index in [0.717, 1.165) is 22.1 Å². The van der Waals surface area contributed by atoms with Crippen molar-refractivity contribution in [3.05, 3.63) is 140 Å². The fourth-order valence-electron chi connectivity index (χ4n) is 5.89. The Morgan fingerprint density at radius 3 is 1.63 bits per heavy atom. The topological polar surface area (TPSA) is 51.8 Å². The van der Waals surface area contributed by atoms with Crippen LogP contribution in [0.1, 0.15) is 0 Å². The summed E-state index contributed by atoms with van der Waals surface area (Å²) >= 11 is 0. The van der Waals surface area contributed by atoms with Gasteiger partial charge in [0.05, 0.1) is 0 Å². The lowest BCUT2D eigenvalue weighted by atomic mass is 9.85. The van der Waals surface area contributed by atoms with Gasteiger partial charge < -0.3 is 4.42 Å². The molecule has 6 aromatic carbocycles. The Labute approximate surface area is 236 Å². The van der Waals surface area contributed by atoms with Crippen molar-refractivity contribution >= 4 is 32.3 Å². The highest BCUT2D eigenvalue weighted by Gasteiger charge is 2.18. The summed E-state index contributed by atoms with van der Waals surface area (Å²) in [5, 5.41) is 15.8. The Hall–Kier alpha value is -5.61. The average molecular weight is 526 g/mol. The van der Waals surface area contributed by atoms with E-state index >= 15 is 0 Å². The summed E-state index contributed by atoms with van der Waals surface area (Å²) in [6.07, 6.45) is 3.81. The van der Waals surface area contributed by atoms with E-state index in [-0.39, 0.29) is 0 Å². The summed E-state index contributed by atoms with van der Waals surface area (Å²) in [4.78, 5) is 4.36. The molecule has 4 heteroatoms. The summed E-state index contributed by atoms with van der Waals surface area (Å²) in [6.45, 7) is 0. The fraction of sp³-hybridized carbons (Fsp3) is 0. The van der Waals surface area contributed by atoms with Crippen LogP contribution >= 0.6 is 0 Å². The molecule has 0 bridgehead atoms. The molecule has 0 saturated carbocycles. The van der Waals surface area contributed by atoms with Crippen molar-refractivity contribution in [1.82, 2.24) is 15.2 Å². The van der Waals surface area contributed by atoms with Crippen LogP contribution < -0.4 is 0 Å². The molecule has 8 rings (SSSR count). The number of rotatable bonds is 4. The maximum absolute atomic E-state index is 6.01. The predicted octanol–water partition coefficient (Wildman–Crippen LogP) is 9.59. The van der Waals surface area contributed by atoms with Crippen LogP contribution in [-0.4, -0.2) is 15.2 Å². The summed E-state index contributed by atoms with van der Waals surface area (Å²) in [7, 11) is 0. The van der Waals surface area contributed by atoms with E-state index in [1.807, 2.05) is 42.7 Å². The van der Waals surface area contributed by atoms with Crippen molar-refractivity contribution < 1.29 is 4.42 Å². The standard InChI is InChI=1S/C37H23N3O/c1-2-9-25(10-3-1)36-39-40-37(41-36)26-19-17-24(18-20-26)34-30-12-4-6-14-32(30)35(33-15-7-5-13-31(33)34)29-16-8-11-27-23-38-22-21-28(27)29/h1-23H. The molecule has 0 unspecified atom stereocenters. The molecule has 0 aliphatic carbocycles. The molecule has 8 aromatic rings. The number of aromatic nitrogens is 3. The minimum atomic E-state index is 0.505. The number of hydrogen-bond acceptors (Lipinski definition) is 4. The van der Waals surface area contributed by atoms with Gasteiger partial charge in [-0.25, -0.2) is 0 Å². The average Bonchev–Trinajstić information content (AvgIpc) is 3.55. The molecule has 2 aromatic heterocycles. The Morgan fingerprint density at radius 1 is 0.415 bits per heavy atom. The van der Waals surface area contributed by atoms with Crippen LogP contribution in [0.4, 0.5) is 0 Å². The van der Waals surface area contributed by atoms with Crippen molar-refractivity contribution in [2.75, 3.05) is 0 Å². The maximum Gasteiger partial charge on any atom is 0.248 e. The lowest BCUT2D eigenvalue weighted by Gasteiger charge is -2.18. The van der Waals surface area contributed by atoms with E-state index in [9.17, 15) is 0 Å². The first-order valence-corrected chi connectivity index (χ1v) is 13.6. The van der Waals surface area contributed by atoms with Gasteiger partial charge in [0.1, 0.15) is 0 Å². The zero-order chi connectivity index (χ0) is 27.2. The number of hydrogen-bond donors (Lipinski definition) is 0. The maximum atomic E-state index is 6.01. The van der Waals surface area contributed by atoms with Crippen molar-refractivity contribution in [2.24, 2.45) is 0 Å². The fourth-order valence-corrected chi connectivity index (χ4v) is 5.89. The normalized spacial score (nSPS) is 11.4. The van der Waals surface area contributed by atoms with E-state index in [0.29, 0.717) is 11.8 Å². The molecule has 0 aliphatic heterocycles. The second kappa shape index (κ2) is 9.54. The molecule has 4 nitrogen and oxygen atoms in total. The van der Waals surface area contributed by atoms with Crippen LogP contribution in [0.5, 0.6) is 0 Å². The van der Waals surface area contributed by atoms with Gasteiger partial charge in [-0.2, -0.15) is 0 Å². The summed E-state index contributed by atoms with van der Waals surface area (Å²) in [6, 6.07) is 44.3. The highest BCUT2D eigenvalue weighted by atomic mass is 16.4. The van der Waals surface area contributed by atoms with Crippen molar-refractivity contribution in [1.29, 1.82) is 0 Å². The van der Waals surface area contributed by atoms with Gasteiger partial charge in [-0.05, 0) is 79.5 Å². The lowest BCUT2D eigenvalue weighted by molar-refractivity contribution is 0.584. The first-order chi connectivity index (χ1) is 20.3. The quantitative estimate of drug-likeness (QED) is 0.215. The molecule has 192 valence electrons. The second-order valence-electron chi connectivity index (χ2n) is 10.1. The third-order valence-electron chi connectivity index (χ3n) is 7.75. The lowest BCUT2D eigenvalue weighted by Crippen LogP contribution is -1.92. The molecule has 0 saturated heterocycles. The van der Waals surface area contributed by atoms with Crippen LogP contribution in [0.25, 0.3) is 77.5 Å². The number of nitrogens with zero attached hydrogens (tertiary/aromatic N) is 3. The third-order valence-corrected chi connectivity index (χ3v) is 7.75. The van der Waals surface area contributed by atoms with E-state index in [2.05, 4.69) is 112 Å². The van der Waals surface area contributed by atoms with Gasteiger partial charge in [-0.1, -0.05) is 97.1 Å². The molecule has 0 aliphatic rings. The first-order valence-electron chi connectivity index (χ1n) is 13.6. The highest BCUT2D eigenvalue weighted by molar-refractivity contribution is 6.23. The molecule has 41 heavy (non-hydrogen) atoms. The highest BCUT2D eigenvalue weighted by Crippen LogP contribution is 2.45. The molecule has 2 heterocycles. The molecular formula is C37H23N3O. The summed E-state index contributed by atoms with van der Waals surface area (Å²) < 4.78 is 6.01. The van der Waals surface area contributed by atoms with Crippen LogP contribution in [0.2, 0.25) is 0 Å². The van der Waals surface area contributed by atoms with Crippen LogP contribution in [0.3, 0.4) is 0 Å². The number of pyridine rings is 1. The monoisotopic (exact) mass is 525 g/mol. The van der Waals surface area contributed by atoms with E-state index in [1.54, 1.807) is 0 Å². The van der Waals surface area contributed by atoms with Crippen molar-refractivity contribution in [2.45, 2.75) is 0 Å². The summed E-state index contributed by atoms with van der Waals surface area (Å²) in [5.41, 5.74) is 6.60. The molecular weight excluding hydrogens is 502 g/mol. The number of benzene rings is 6. The van der Waals surface area contributed by atoms with Gasteiger partial charge in [0.2, 0.25) is 11.8 Å². The van der Waals surface area contributed by atoms with Crippen LogP contribution in [0.15, 0.2) is 144 Å². The third kappa shape index (κ3) is 3.88. The van der Waals surface area contributed by atoms with E-state index in [1.165, 1.54) is 43.6 Å². The largest absolute Gasteiger partial charge is 0.416 e. The van der Waals surface area contributed by atoms with Gasteiger partial charge in [0, 0.05) is 28.9 Å². The molecule has 0 fully saturated rings. The predicted molar refractivity (Wildman–Crippen MR) is 166 cm³/mol. The van der Waals surface area contributed by atoms with Gasteiger partial charge in [0.25, 0.3) is 0 Å². The van der Waals surface area contributed by atoms with Gasteiger partial charge in [-0.15, -0.1) is 10.2 Å². The second-order valence-corrected chi connectivity index (χ2v) is 10.1. The van der Waals surface area contributed by atoms with E-state index in [4.69, 9.17) is 4.42 Å². The minimum absolute atomic E-state index is 0.505. The van der Waals surface area contributed by atoms with Gasteiger partial charge >= 0.3 is 0 Å².